The van der Waals surface area contributed by atoms with E-state index in [1.165, 1.54) is 0 Å². The highest BCUT2D eigenvalue weighted by molar-refractivity contribution is 6.30. The molecule has 2 aromatic rings. The van der Waals surface area contributed by atoms with Crippen molar-refractivity contribution in [2.45, 2.75) is 26.0 Å². The van der Waals surface area contributed by atoms with E-state index in [-0.39, 0.29) is 12.1 Å². The lowest BCUT2D eigenvalue weighted by molar-refractivity contribution is 0.0212. The summed E-state index contributed by atoms with van der Waals surface area (Å²) < 4.78 is 5.97. The monoisotopic (exact) mass is 303 g/mol. The van der Waals surface area contributed by atoms with Gasteiger partial charge in [-0.25, -0.2) is 9.97 Å². The van der Waals surface area contributed by atoms with E-state index < -0.39 is 0 Å². The average molecular weight is 304 g/mol. The summed E-state index contributed by atoms with van der Waals surface area (Å²) in [6, 6.07) is 10.1. The molecule has 0 saturated carbocycles. The maximum atomic E-state index is 6.08. The first-order chi connectivity index (χ1) is 10.1. The van der Waals surface area contributed by atoms with E-state index >= 15 is 0 Å². The van der Waals surface area contributed by atoms with Gasteiger partial charge in [0.1, 0.15) is 18.2 Å². The second kappa shape index (κ2) is 6.00. The van der Waals surface area contributed by atoms with Crippen LogP contribution >= 0.6 is 11.6 Å². The van der Waals surface area contributed by atoms with Gasteiger partial charge in [-0.2, -0.15) is 0 Å². The highest BCUT2D eigenvalue weighted by atomic mass is 35.5. The smallest absolute Gasteiger partial charge is 0.132 e. The molecule has 1 saturated heterocycles. The molecule has 110 valence electrons. The van der Waals surface area contributed by atoms with Gasteiger partial charge in [-0.15, -0.1) is 0 Å². The zero-order chi connectivity index (χ0) is 14.8. The summed E-state index contributed by atoms with van der Waals surface area (Å²) in [7, 11) is 0. The Kier molecular flexibility index (Phi) is 4.08. The fraction of sp³-hybridized carbons (Fsp3) is 0.375. The van der Waals surface area contributed by atoms with Crippen LogP contribution in [0.3, 0.4) is 0 Å². The van der Waals surface area contributed by atoms with Gasteiger partial charge >= 0.3 is 0 Å². The SMILES string of the molecule is Cc1cc(N2CC(c3cccc(Cl)c3)OCC2C)ncn1. The molecule has 21 heavy (non-hydrogen) atoms. The fourth-order valence-corrected chi connectivity index (χ4v) is 2.78. The normalized spacial score (nSPS) is 22.3. The molecule has 0 bridgehead atoms. The van der Waals surface area contributed by atoms with E-state index in [4.69, 9.17) is 16.3 Å². The lowest BCUT2D eigenvalue weighted by Gasteiger charge is -2.39. The van der Waals surface area contributed by atoms with Gasteiger partial charge in [0.05, 0.1) is 19.2 Å². The molecule has 1 aliphatic heterocycles. The van der Waals surface area contributed by atoms with Gasteiger partial charge in [0.2, 0.25) is 0 Å². The van der Waals surface area contributed by atoms with Gasteiger partial charge < -0.3 is 9.64 Å². The topological polar surface area (TPSA) is 38.2 Å². The Balaban J connectivity index is 1.85. The fourth-order valence-electron chi connectivity index (χ4n) is 2.58. The molecule has 1 fully saturated rings. The molecule has 0 spiro atoms. The minimum absolute atomic E-state index is 0.00942. The third-order valence-electron chi connectivity index (χ3n) is 3.74. The van der Waals surface area contributed by atoms with Crippen LogP contribution in [0.25, 0.3) is 0 Å². The van der Waals surface area contributed by atoms with Crippen molar-refractivity contribution in [2.24, 2.45) is 0 Å². The van der Waals surface area contributed by atoms with Gasteiger partial charge in [0.25, 0.3) is 0 Å². The predicted molar refractivity (Wildman–Crippen MR) is 83.7 cm³/mol. The Labute approximate surface area is 129 Å². The maximum absolute atomic E-state index is 6.08. The molecule has 2 heterocycles. The number of hydrogen-bond acceptors (Lipinski definition) is 4. The van der Waals surface area contributed by atoms with Crippen molar-refractivity contribution < 1.29 is 4.74 Å². The predicted octanol–water partition coefficient (Wildman–Crippen LogP) is 3.40. The number of aromatic nitrogens is 2. The van der Waals surface area contributed by atoms with Crippen molar-refractivity contribution in [1.82, 2.24) is 9.97 Å². The number of benzene rings is 1. The van der Waals surface area contributed by atoms with E-state index in [1.54, 1.807) is 6.33 Å². The maximum Gasteiger partial charge on any atom is 0.132 e. The molecule has 2 atom stereocenters. The Morgan fingerprint density at radius 2 is 2.14 bits per heavy atom. The van der Waals surface area contributed by atoms with Crippen molar-refractivity contribution in [3.63, 3.8) is 0 Å². The minimum Gasteiger partial charge on any atom is -0.370 e. The molecule has 2 unspecified atom stereocenters. The van der Waals surface area contributed by atoms with Gasteiger partial charge in [-0.3, -0.25) is 0 Å². The molecule has 0 amide bonds. The van der Waals surface area contributed by atoms with E-state index in [0.717, 1.165) is 28.6 Å². The summed E-state index contributed by atoms with van der Waals surface area (Å²) in [5, 5.41) is 0.735. The van der Waals surface area contributed by atoms with Gasteiger partial charge in [-0.1, -0.05) is 23.7 Å². The van der Waals surface area contributed by atoms with Crippen LogP contribution in [0, 0.1) is 6.92 Å². The molecule has 1 aromatic heterocycles. The molecular weight excluding hydrogens is 286 g/mol. The highest BCUT2D eigenvalue weighted by Crippen LogP contribution is 2.29. The largest absolute Gasteiger partial charge is 0.370 e. The lowest BCUT2D eigenvalue weighted by Crippen LogP contribution is -2.45. The van der Waals surface area contributed by atoms with Crippen molar-refractivity contribution in [3.05, 3.63) is 52.9 Å². The minimum atomic E-state index is 0.00942. The number of hydrogen-bond donors (Lipinski definition) is 0. The Morgan fingerprint density at radius 1 is 1.29 bits per heavy atom. The summed E-state index contributed by atoms with van der Waals surface area (Å²) in [4.78, 5) is 10.8. The van der Waals surface area contributed by atoms with Crippen LogP contribution in [0.4, 0.5) is 5.82 Å². The molecule has 0 N–H and O–H groups in total. The number of rotatable bonds is 2. The molecule has 0 radical (unpaired) electrons. The molecular formula is C16H18ClN3O. The zero-order valence-electron chi connectivity index (χ0n) is 12.2. The number of morpholine rings is 1. The summed E-state index contributed by atoms with van der Waals surface area (Å²) in [6.07, 6.45) is 1.62. The first kappa shape index (κ1) is 14.3. The van der Waals surface area contributed by atoms with Crippen molar-refractivity contribution in [2.75, 3.05) is 18.1 Å². The van der Waals surface area contributed by atoms with E-state index in [2.05, 4.69) is 27.9 Å². The highest BCUT2D eigenvalue weighted by Gasteiger charge is 2.28. The number of anilines is 1. The van der Waals surface area contributed by atoms with Gasteiger partial charge in [0, 0.05) is 16.8 Å². The number of ether oxygens (including phenoxy) is 1. The van der Waals surface area contributed by atoms with Crippen LogP contribution in [0.5, 0.6) is 0 Å². The Hall–Kier alpha value is -1.65. The third-order valence-corrected chi connectivity index (χ3v) is 3.97. The summed E-state index contributed by atoms with van der Waals surface area (Å²) in [5.41, 5.74) is 2.07. The molecule has 0 aliphatic carbocycles. The lowest BCUT2D eigenvalue weighted by atomic mass is 10.1. The van der Waals surface area contributed by atoms with Crippen LogP contribution in [-0.2, 0) is 4.74 Å². The van der Waals surface area contributed by atoms with Gasteiger partial charge in [-0.05, 0) is 31.5 Å². The van der Waals surface area contributed by atoms with Crippen molar-refractivity contribution >= 4 is 17.4 Å². The second-order valence-electron chi connectivity index (χ2n) is 5.40. The van der Waals surface area contributed by atoms with E-state index in [1.807, 2.05) is 31.2 Å². The first-order valence-corrected chi connectivity index (χ1v) is 7.43. The van der Waals surface area contributed by atoms with Crippen LogP contribution < -0.4 is 4.90 Å². The molecule has 3 rings (SSSR count). The first-order valence-electron chi connectivity index (χ1n) is 7.06. The quantitative estimate of drug-likeness (QED) is 0.852. The number of aryl methyl sites for hydroxylation is 1. The number of nitrogens with zero attached hydrogens (tertiary/aromatic N) is 3. The molecule has 1 aliphatic rings. The van der Waals surface area contributed by atoms with Gasteiger partial charge in [0.15, 0.2) is 0 Å². The number of halogens is 1. The van der Waals surface area contributed by atoms with Crippen LogP contribution in [0.15, 0.2) is 36.7 Å². The molecule has 5 heteroatoms. The Bertz CT molecular complexity index is 634. The van der Waals surface area contributed by atoms with Crippen LogP contribution in [-0.4, -0.2) is 29.2 Å². The second-order valence-corrected chi connectivity index (χ2v) is 5.83. The summed E-state index contributed by atoms with van der Waals surface area (Å²) in [6.45, 7) is 5.55. The van der Waals surface area contributed by atoms with E-state index in [9.17, 15) is 0 Å². The van der Waals surface area contributed by atoms with E-state index in [0.29, 0.717) is 6.61 Å². The van der Waals surface area contributed by atoms with Crippen LogP contribution in [0.1, 0.15) is 24.3 Å². The molecule has 4 nitrogen and oxygen atoms in total. The summed E-state index contributed by atoms with van der Waals surface area (Å²) >= 11 is 6.08. The Morgan fingerprint density at radius 3 is 2.90 bits per heavy atom. The average Bonchev–Trinajstić information content (AvgIpc) is 2.47. The standard InChI is InChI=1S/C16H18ClN3O/c1-11-6-16(19-10-18-11)20-8-15(21-9-12(20)2)13-4-3-5-14(17)7-13/h3-7,10,12,15H,8-9H2,1-2H3. The van der Waals surface area contributed by atoms with Crippen molar-refractivity contribution in [1.29, 1.82) is 0 Å². The van der Waals surface area contributed by atoms with Crippen molar-refractivity contribution in [3.8, 4) is 0 Å². The summed E-state index contributed by atoms with van der Waals surface area (Å²) in [5.74, 6) is 0.949. The molecule has 1 aromatic carbocycles. The van der Waals surface area contributed by atoms with Crippen LogP contribution in [0.2, 0.25) is 5.02 Å². The zero-order valence-corrected chi connectivity index (χ0v) is 12.9. The third kappa shape index (κ3) is 3.17.